The molecule has 0 spiro atoms. The molecular weight excluding hydrogens is 242 g/mol. The van der Waals surface area contributed by atoms with Crippen LogP contribution in [0.4, 0.5) is 0 Å². The molecule has 0 aromatic carbocycles. The molecule has 98 valence electrons. The highest BCUT2D eigenvalue weighted by Crippen LogP contribution is 2.51. The van der Waals surface area contributed by atoms with Crippen molar-refractivity contribution in [2.24, 2.45) is 11.8 Å². The third-order valence-electron chi connectivity index (χ3n) is 3.57. The van der Waals surface area contributed by atoms with Gasteiger partial charge in [-0.05, 0) is 18.3 Å². The monoisotopic (exact) mass is 255 g/mol. The lowest BCUT2D eigenvalue weighted by atomic mass is 10.1. The smallest absolute Gasteiger partial charge is 0.347 e. The normalized spacial score (nSPS) is 38.2. The zero-order chi connectivity index (χ0) is 12.9. The molecule has 4 unspecified atom stereocenters. The fourth-order valence-electron chi connectivity index (χ4n) is 2.55. The van der Waals surface area contributed by atoms with Crippen molar-refractivity contribution in [3.63, 3.8) is 0 Å². The van der Waals surface area contributed by atoms with Crippen molar-refractivity contribution in [3.05, 3.63) is 27.0 Å². The van der Waals surface area contributed by atoms with Crippen LogP contribution in [-0.2, 0) is 4.74 Å². The fraction of sp³-hybridized carbons (Fsp3) is 0.700. The predicted molar refractivity (Wildman–Crippen MR) is 57.7 cm³/mol. The highest BCUT2D eigenvalue weighted by atomic mass is 16.5. The molecule has 1 aromatic rings. The van der Waals surface area contributed by atoms with Gasteiger partial charge in [-0.2, -0.15) is 9.78 Å². The first kappa shape index (κ1) is 11.6. The van der Waals surface area contributed by atoms with Gasteiger partial charge in [-0.25, -0.2) is 4.79 Å². The maximum absolute atomic E-state index is 11.6. The van der Waals surface area contributed by atoms with Crippen LogP contribution in [0.25, 0.3) is 0 Å². The Bertz CT molecular complexity index is 567. The molecule has 0 bridgehead atoms. The van der Waals surface area contributed by atoms with Gasteiger partial charge in [-0.3, -0.25) is 9.78 Å². The van der Waals surface area contributed by atoms with Gasteiger partial charge in [0.2, 0.25) is 0 Å². The Hall–Kier alpha value is -1.51. The molecule has 3 N–H and O–H groups in total. The van der Waals surface area contributed by atoms with E-state index >= 15 is 0 Å². The van der Waals surface area contributed by atoms with Crippen LogP contribution < -0.4 is 11.2 Å². The fourth-order valence-corrected chi connectivity index (χ4v) is 2.55. The molecule has 18 heavy (non-hydrogen) atoms. The van der Waals surface area contributed by atoms with Gasteiger partial charge in [0.1, 0.15) is 12.3 Å². The molecule has 1 aliphatic heterocycles. The first-order chi connectivity index (χ1) is 8.61. The molecule has 0 radical (unpaired) electrons. The first-order valence-electron chi connectivity index (χ1n) is 5.74. The summed E-state index contributed by atoms with van der Waals surface area (Å²) in [6.07, 6.45) is -0.501. The largest absolute Gasteiger partial charge is 0.394 e. The number of hydrogen-bond donors (Lipinski definition) is 3. The summed E-state index contributed by atoms with van der Waals surface area (Å²) in [7, 11) is 0. The van der Waals surface area contributed by atoms with Gasteiger partial charge >= 0.3 is 5.69 Å². The van der Waals surface area contributed by atoms with E-state index in [0.29, 0.717) is 0 Å². The molecule has 1 aliphatic carbocycles. The van der Waals surface area contributed by atoms with Crippen LogP contribution in [0.1, 0.15) is 12.6 Å². The van der Waals surface area contributed by atoms with E-state index in [1.54, 1.807) is 0 Å². The molecular formula is C10H13N3O5. The Kier molecular flexibility index (Phi) is 2.58. The Morgan fingerprint density at radius 2 is 2.28 bits per heavy atom. The molecule has 0 amide bonds. The van der Waals surface area contributed by atoms with Crippen LogP contribution in [0.3, 0.4) is 0 Å². The third kappa shape index (κ3) is 1.69. The predicted octanol–water partition coefficient (Wildman–Crippen LogP) is -2.18. The molecule has 8 heteroatoms. The van der Waals surface area contributed by atoms with E-state index in [9.17, 15) is 19.8 Å². The van der Waals surface area contributed by atoms with Crippen molar-refractivity contribution < 1.29 is 14.9 Å². The summed E-state index contributed by atoms with van der Waals surface area (Å²) in [5.74, 6) is 0.154. The van der Waals surface area contributed by atoms with Gasteiger partial charge in [-0.1, -0.05) is 0 Å². The van der Waals surface area contributed by atoms with Gasteiger partial charge in [0.15, 0.2) is 6.23 Å². The van der Waals surface area contributed by atoms with Crippen molar-refractivity contribution >= 4 is 0 Å². The average Bonchev–Trinajstić information content (AvgIpc) is 3.11. The van der Waals surface area contributed by atoms with Crippen LogP contribution in [-0.4, -0.2) is 43.8 Å². The topological polar surface area (TPSA) is 117 Å². The van der Waals surface area contributed by atoms with E-state index in [1.807, 2.05) is 0 Å². The molecule has 2 heterocycles. The minimum Gasteiger partial charge on any atom is -0.394 e. The van der Waals surface area contributed by atoms with Crippen LogP contribution in [0.2, 0.25) is 0 Å². The minimum absolute atomic E-state index is 0.0153. The van der Waals surface area contributed by atoms with Crippen molar-refractivity contribution in [3.8, 4) is 0 Å². The highest BCUT2D eigenvalue weighted by molar-refractivity contribution is 5.01. The zero-order valence-corrected chi connectivity index (χ0v) is 9.39. The maximum Gasteiger partial charge on any atom is 0.347 e. The quantitative estimate of drug-likeness (QED) is 0.553. The summed E-state index contributed by atoms with van der Waals surface area (Å²) in [5.41, 5.74) is -1.34. The van der Waals surface area contributed by atoms with Gasteiger partial charge < -0.3 is 14.9 Å². The van der Waals surface area contributed by atoms with Crippen LogP contribution in [0.15, 0.2) is 15.8 Å². The number of hydrogen-bond acceptors (Lipinski definition) is 6. The maximum atomic E-state index is 11.6. The molecule has 1 aromatic heterocycles. The minimum atomic E-state index is -0.963. The molecule has 8 nitrogen and oxygen atoms in total. The molecule has 3 rings (SSSR count). The Labute approximate surface area is 101 Å². The van der Waals surface area contributed by atoms with Gasteiger partial charge in [0.05, 0.1) is 12.7 Å². The number of nitrogens with zero attached hydrogens (tertiary/aromatic N) is 2. The van der Waals surface area contributed by atoms with Gasteiger partial charge in [0.25, 0.3) is 5.56 Å². The number of rotatable bonds is 2. The summed E-state index contributed by atoms with van der Waals surface area (Å²) in [5, 5.41) is 22.9. The van der Waals surface area contributed by atoms with Crippen LogP contribution >= 0.6 is 0 Å². The van der Waals surface area contributed by atoms with Crippen molar-refractivity contribution in [2.75, 3.05) is 6.61 Å². The standard InChI is InChI=1S/C10H13N3O5/c14-3-6-4-1-5(4)8(16)9(18-6)13-10(17)12-7(15)2-11-13/h2,4-6,8-9,14,16H,1,3H2,(H,12,15,17)/t4?,5?,6?,8?,9-/m1/s1. The summed E-state index contributed by atoms with van der Waals surface area (Å²) in [6.45, 7) is -0.164. The second-order valence-corrected chi connectivity index (χ2v) is 4.69. The number of aromatic amines is 1. The lowest BCUT2D eigenvalue weighted by Gasteiger charge is -2.32. The second kappa shape index (κ2) is 4.01. The number of fused-ring (bicyclic) bond motifs is 1. The van der Waals surface area contributed by atoms with E-state index in [1.165, 1.54) is 0 Å². The van der Waals surface area contributed by atoms with E-state index in [-0.39, 0.29) is 18.4 Å². The number of aromatic nitrogens is 3. The Morgan fingerprint density at radius 3 is 2.94 bits per heavy atom. The van der Waals surface area contributed by atoms with Gasteiger partial charge in [-0.15, -0.1) is 0 Å². The van der Waals surface area contributed by atoms with E-state index in [0.717, 1.165) is 17.3 Å². The van der Waals surface area contributed by atoms with Crippen LogP contribution in [0.5, 0.6) is 0 Å². The SMILES string of the molecule is O=c1cnn([C@@H]2OC(CO)C3CC3C2O)c(=O)[nH]1. The number of aliphatic hydroxyl groups excluding tert-OH is 2. The van der Waals surface area contributed by atoms with E-state index in [4.69, 9.17) is 4.74 Å². The number of ether oxygens (including phenoxy) is 1. The van der Waals surface area contributed by atoms with Crippen LogP contribution in [0, 0.1) is 11.8 Å². The summed E-state index contributed by atoms with van der Waals surface area (Å²) in [4.78, 5) is 24.6. The average molecular weight is 255 g/mol. The number of H-pyrrole nitrogens is 1. The Balaban J connectivity index is 1.95. The third-order valence-corrected chi connectivity index (χ3v) is 3.57. The Morgan fingerprint density at radius 1 is 1.50 bits per heavy atom. The zero-order valence-electron chi connectivity index (χ0n) is 9.39. The molecule has 1 saturated carbocycles. The van der Waals surface area contributed by atoms with Gasteiger partial charge in [0, 0.05) is 0 Å². The second-order valence-electron chi connectivity index (χ2n) is 4.69. The number of nitrogens with one attached hydrogen (secondary N) is 1. The van der Waals surface area contributed by atoms with Crippen molar-refractivity contribution in [1.82, 2.24) is 14.8 Å². The lowest BCUT2D eigenvalue weighted by Crippen LogP contribution is -2.46. The summed E-state index contributed by atoms with van der Waals surface area (Å²) >= 11 is 0. The number of aliphatic hydroxyl groups is 2. The summed E-state index contributed by atoms with van der Waals surface area (Å²) < 4.78 is 6.39. The van der Waals surface area contributed by atoms with E-state index in [2.05, 4.69) is 10.1 Å². The van der Waals surface area contributed by atoms with Crippen molar-refractivity contribution in [2.45, 2.75) is 24.9 Å². The lowest BCUT2D eigenvalue weighted by molar-refractivity contribution is -0.176. The van der Waals surface area contributed by atoms with E-state index < -0.39 is 29.7 Å². The molecule has 2 aliphatic rings. The molecule has 2 fully saturated rings. The summed E-state index contributed by atoms with van der Waals surface area (Å²) in [6, 6.07) is 0. The van der Waals surface area contributed by atoms with Crippen molar-refractivity contribution in [1.29, 1.82) is 0 Å². The highest BCUT2D eigenvalue weighted by Gasteiger charge is 2.55. The molecule has 1 saturated heterocycles. The molecule has 5 atom stereocenters. The first-order valence-corrected chi connectivity index (χ1v) is 5.74.